The fourth-order valence-electron chi connectivity index (χ4n) is 2.72. The van der Waals surface area contributed by atoms with E-state index in [4.69, 9.17) is 11.6 Å². The van der Waals surface area contributed by atoms with Crippen molar-refractivity contribution in [2.75, 3.05) is 0 Å². The van der Waals surface area contributed by atoms with Crippen molar-refractivity contribution in [3.05, 3.63) is 77.1 Å². The van der Waals surface area contributed by atoms with Crippen molar-refractivity contribution >= 4 is 34.6 Å². The molecule has 1 atom stereocenters. The third-order valence-corrected chi connectivity index (χ3v) is 4.32. The fraction of sp³-hybridized carbons (Fsp3) is 0.190. The Balaban J connectivity index is 1.72. The lowest BCUT2D eigenvalue weighted by molar-refractivity contribution is -0.117. The van der Waals surface area contributed by atoms with Gasteiger partial charge in [-0.15, -0.1) is 0 Å². The predicted octanol–water partition coefficient (Wildman–Crippen LogP) is 4.81. The highest BCUT2D eigenvalue weighted by molar-refractivity contribution is 6.30. The molecule has 0 radical (unpaired) electrons. The minimum absolute atomic E-state index is 0.0906. The molecule has 0 fully saturated rings. The van der Waals surface area contributed by atoms with Crippen molar-refractivity contribution in [3.8, 4) is 0 Å². The molecule has 4 nitrogen and oxygen atoms in total. The van der Waals surface area contributed by atoms with Crippen LogP contribution >= 0.6 is 11.6 Å². The van der Waals surface area contributed by atoms with Crippen molar-refractivity contribution in [3.63, 3.8) is 0 Å². The normalized spacial score (nSPS) is 12.6. The molecule has 0 aliphatic rings. The van der Waals surface area contributed by atoms with Crippen molar-refractivity contribution in [2.24, 2.45) is 5.92 Å². The van der Waals surface area contributed by atoms with E-state index >= 15 is 0 Å². The van der Waals surface area contributed by atoms with Crippen LogP contribution in [0.25, 0.3) is 17.1 Å². The first-order valence-electron chi connectivity index (χ1n) is 8.49. The highest BCUT2D eigenvalue weighted by Gasteiger charge is 2.17. The van der Waals surface area contributed by atoms with E-state index in [1.165, 1.54) is 6.08 Å². The van der Waals surface area contributed by atoms with Crippen LogP contribution < -0.4 is 5.32 Å². The van der Waals surface area contributed by atoms with Crippen molar-refractivity contribution < 1.29 is 4.79 Å². The summed E-state index contributed by atoms with van der Waals surface area (Å²) in [5.41, 5.74) is 3.30. The van der Waals surface area contributed by atoms with E-state index in [2.05, 4.69) is 29.1 Å². The number of rotatable bonds is 5. The van der Waals surface area contributed by atoms with Crippen LogP contribution in [0.4, 0.5) is 0 Å². The number of fused-ring (bicyclic) bond motifs is 1. The molecule has 3 rings (SSSR count). The maximum absolute atomic E-state index is 12.4. The lowest BCUT2D eigenvalue weighted by atomic mass is 9.96. The highest BCUT2D eigenvalue weighted by atomic mass is 35.5. The van der Waals surface area contributed by atoms with Gasteiger partial charge in [-0.25, -0.2) is 4.98 Å². The van der Waals surface area contributed by atoms with E-state index in [-0.39, 0.29) is 17.9 Å². The van der Waals surface area contributed by atoms with Gasteiger partial charge in [-0.1, -0.05) is 49.7 Å². The Labute approximate surface area is 157 Å². The molecule has 0 aliphatic heterocycles. The molecule has 5 heteroatoms. The molecule has 26 heavy (non-hydrogen) atoms. The van der Waals surface area contributed by atoms with E-state index in [1.807, 2.05) is 48.5 Å². The van der Waals surface area contributed by atoms with Crippen molar-refractivity contribution in [1.82, 2.24) is 15.3 Å². The summed E-state index contributed by atoms with van der Waals surface area (Å²) in [4.78, 5) is 21.2. The second-order valence-corrected chi connectivity index (χ2v) is 6.84. The SMILES string of the molecule is CC(C)C(NC(=O)/C=C/c1cnc2ccccc2n1)c1ccc(Cl)cc1. The maximum Gasteiger partial charge on any atom is 0.244 e. The number of halogens is 1. The number of carbonyl (C=O) groups excluding carboxylic acids is 1. The quantitative estimate of drug-likeness (QED) is 0.660. The molecule has 0 saturated carbocycles. The summed E-state index contributed by atoms with van der Waals surface area (Å²) in [6.07, 6.45) is 4.82. The Bertz CT molecular complexity index is 935. The Morgan fingerprint density at radius 2 is 1.77 bits per heavy atom. The third kappa shape index (κ3) is 4.46. The van der Waals surface area contributed by atoms with Gasteiger partial charge in [0.05, 0.1) is 29.0 Å². The zero-order valence-corrected chi connectivity index (χ0v) is 15.4. The third-order valence-electron chi connectivity index (χ3n) is 4.07. The fourth-order valence-corrected chi connectivity index (χ4v) is 2.85. The number of aromatic nitrogens is 2. The second kappa shape index (κ2) is 8.11. The van der Waals surface area contributed by atoms with Gasteiger partial charge < -0.3 is 5.32 Å². The van der Waals surface area contributed by atoms with Crippen LogP contribution in [0.2, 0.25) is 5.02 Å². The van der Waals surface area contributed by atoms with Gasteiger partial charge in [-0.3, -0.25) is 9.78 Å². The van der Waals surface area contributed by atoms with Gasteiger partial charge in [-0.2, -0.15) is 0 Å². The number of nitrogens with zero attached hydrogens (tertiary/aromatic N) is 2. The van der Waals surface area contributed by atoms with Gasteiger partial charge >= 0.3 is 0 Å². The lowest BCUT2D eigenvalue weighted by Gasteiger charge is -2.22. The zero-order valence-electron chi connectivity index (χ0n) is 14.7. The van der Waals surface area contributed by atoms with E-state index in [9.17, 15) is 4.79 Å². The zero-order chi connectivity index (χ0) is 18.5. The van der Waals surface area contributed by atoms with E-state index < -0.39 is 0 Å². The van der Waals surface area contributed by atoms with Gasteiger partial charge in [0.15, 0.2) is 0 Å². The standard InChI is InChI=1S/C21H20ClN3O/c1-14(2)21(15-7-9-16(22)10-8-15)25-20(26)12-11-17-13-23-18-5-3-4-6-19(18)24-17/h3-14,21H,1-2H3,(H,25,26)/b12-11+. The number of benzene rings is 2. The Hall–Kier alpha value is -2.72. The number of para-hydroxylation sites is 2. The monoisotopic (exact) mass is 365 g/mol. The minimum atomic E-state index is -0.173. The van der Waals surface area contributed by atoms with Gasteiger partial charge in [0.25, 0.3) is 0 Å². The van der Waals surface area contributed by atoms with Crippen LogP contribution in [0, 0.1) is 5.92 Å². The predicted molar refractivity (Wildman–Crippen MR) is 106 cm³/mol. The van der Waals surface area contributed by atoms with E-state index in [0.717, 1.165) is 16.6 Å². The molecule has 1 heterocycles. The first kappa shape index (κ1) is 18.1. The second-order valence-electron chi connectivity index (χ2n) is 6.40. The van der Waals surface area contributed by atoms with Crippen molar-refractivity contribution in [1.29, 1.82) is 0 Å². The van der Waals surface area contributed by atoms with Crippen molar-refractivity contribution in [2.45, 2.75) is 19.9 Å². The molecule has 0 aliphatic carbocycles. The smallest absolute Gasteiger partial charge is 0.244 e. The molecule has 3 aromatic rings. The number of nitrogens with one attached hydrogen (secondary N) is 1. The van der Waals surface area contributed by atoms with Crippen LogP contribution in [0.15, 0.2) is 60.8 Å². The molecule has 1 aromatic heterocycles. The molecule has 132 valence electrons. The molecule has 1 amide bonds. The molecule has 0 spiro atoms. The average Bonchev–Trinajstić information content (AvgIpc) is 2.65. The van der Waals surface area contributed by atoms with Crippen LogP contribution in [-0.2, 0) is 4.79 Å². The summed E-state index contributed by atoms with van der Waals surface area (Å²) in [5.74, 6) is 0.0718. The largest absolute Gasteiger partial charge is 0.345 e. The topological polar surface area (TPSA) is 54.9 Å². The van der Waals surface area contributed by atoms with Crippen LogP contribution in [0.5, 0.6) is 0 Å². The maximum atomic E-state index is 12.4. The number of hydrogen-bond donors (Lipinski definition) is 1. The summed E-state index contributed by atoms with van der Waals surface area (Å²) < 4.78 is 0. The van der Waals surface area contributed by atoms with Gasteiger partial charge in [0.2, 0.25) is 5.91 Å². The van der Waals surface area contributed by atoms with E-state index in [1.54, 1.807) is 12.3 Å². The molecule has 1 N–H and O–H groups in total. The summed E-state index contributed by atoms with van der Waals surface area (Å²) in [6, 6.07) is 15.1. The number of hydrogen-bond acceptors (Lipinski definition) is 3. The molecule has 0 saturated heterocycles. The summed E-state index contributed by atoms with van der Waals surface area (Å²) >= 11 is 5.95. The first-order chi connectivity index (χ1) is 12.5. The molecule has 0 bridgehead atoms. The average molecular weight is 366 g/mol. The molecule has 1 unspecified atom stereocenters. The van der Waals surface area contributed by atoms with Crippen LogP contribution in [-0.4, -0.2) is 15.9 Å². The Morgan fingerprint density at radius 1 is 1.08 bits per heavy atom. The van der Waals surface area contributed by atoms with Gasteiger partial charge in [-0.05, 0) is 41.8 Å². The minimum Gasteiger partial charge on any atom is -0.345 e. The summed E-state index contributed by atoms with van der Waals surface area (Å²) in [5, 5.41) is 3.72. The van der Waals surface area contributed by atoms with Gasteiger partial charge in [0, 0.05) is 11.1 Å². The Kier molecular flexibility index (Phi) is 5.64. The van der Waals surface area contributed by atoms with E-state index in [0.29, 0.717) is 10.7 Å². The molecule has 2 aromatic carbocycles. The summed E-state index contributed by atoms with van der Waals surface area (Å²) in [6.45, 7) is 4.14. The number of amides is 1. The first-order valence-corrected chi connectivity index (χ1v) is 8.86. The number of carbonyl (C=O) groups is 1. The molecular weight excluding hydrogens is 346 g/mol. The summed E-state index contributed by atoms with van der Waals surface area (Å²) in [7, 11) is 0. The van der Waals surface area contributed by atoms with Crippen LogP contribution in [0.1, 0.15) is 31.1 Å². The Morgan fingerprint density at radius 3 is 2.46 bits per heavy atom. The molecular formula is C21H20ClN3O. The van der Waals surface area contributed by atoms with Crippen LogP contribution in [0.3, 0.4) is 0 Å². The highest BCUT2D eigenvalue weighted by Crippen LogP contribution is 2.23. The lowest BCUT2D eigenvalue weighted by Crippen LogP contribution is -2.30. The van der Waals surface area contributed by atoms with Gasteiger partial charge in [0.1, 0.15) is 0 Å².